The lowest BCUT2D eigenvalue weighted by Crippen LogP contribution is -2.04. The largest absolute Gasteiger partial charge is 0.489 e. The predicted octanol–water partition coefficient (Wildman–Crippen LogP) is 4.81. The molecule has 0 unspecified atom stereocenters. The molecule has 0 fully saturated rings. The zero-order chi connectivity index (χ0) is 17.5. The van der Waals surface area contributed by atoms with Gasteiger partial charge in [-0.05, 0) is 43.2 Å². The molecule has 2 aromatic rings. The van der Waals surface area contributed by atoms with Crippen molar-refractivity contribution in [2.75, 3.05) is 13.2 Å². The molecule has 1 heterocycles. The molecule has 1 aromatic heterocycles. The van der Waals surface area contributed by atoms with Gasteiger partial charge in [0.1, 0.15) is 17.4 Å². The number of allylic oxidation sites excluding steroid dienone is 5. The lowest BCUT2D eigenvalue weighted by molar-refractivity contribution is 0.0520. The summed E-state index contributed by atoms with van der Waals surface area (Å²) in [5.41, 5.74) is 2.53. The van der Waals surface area contributed by atoms with Crippen LogP contribution in [0.3, 0.4) is 0 Å². The topological polar surface area (TPSA) is 48.4 Å². The fourth-order valence-electron chi connectivity index (χ4n) is 2.30. The van der Waals surface area contributed by atoms with Crippen molar-refractivity contribution in [3.63, 3.8) is 0 Å². The Morgan fingerprint density at radius 3 is 2.84 bits per heavy atom. The van der Waals surface area contributed by atoms with Gasteiger partial charge in [0.2, 0.25) is 0 Å². The molecule has 0 saturated carbocycles. The van der Waals surface area contributed by atoms with Gasteiger partial charge in [-0.3, -0.25) is 0 Å². The van der Waals surface area contributed by atoms with Crippen LogP contribution in [0.4, 0.5) is 0 Å². The summed E-state index contributed by atoms with van der Waals surface area (Å²) in [6.45, 7) is 2.69. The molecule has 1 aliphatic carbocycles. The van der Waals surface area contributed by atoms with Gasteiger partial charge < -0.3 is 9.47 Å². The second-order valence-electron chi connectivity index (χ2n) is 5.41. The zero-order valence-corrected chi connectivity index (χ0v) is 14.8. The van der Waals surface area contributed by atoms with Crippen LogP contribution >= 0.6 is 11.3 Å². The minimum absolute atomic E-state index is 0.347. The van der Waals surface area contributed by atoms with Crippen LogP contribution in [0.1, 0.15) is 23.8 Å². The summed E-state index contributed by atoms with van der Waals surface area (Å²) in [6, 6.07) is 7.74. The van der Waals surface area contributed by atoms with Gasteiger partial charge in [-0.2, -0.15) is 0 Å². The van der Waals surface area contributed by atoms with Crippen molar-refractivity contribution in [2.45, 2.75) is 13.3 Å². The highest BCUT2D eigenvalue weighted by molar-refractivity contribution is 7.13. The minimum atomic E-state index is -0.385. The van der Waals surface area contributed by atoms with E-state index in [-0.39, 0.29) is 5.97 Å². The van der Waals surface area contributed by atoms with Gasteiger partial charge in [0.15, 0.2) is 5.69 Å². The Bertz CT molecular complexity index is 816. The molecule has 1 aliphatic rings. The average molecular weight is 353 g/mol. The van der Waals surface area contributed by atoms with Crippen molar-refractivity contribution < 1.29 is 14.3 Å². The smallest absolute Gasteiger partial charge is 0.357 e. The van der Waals surface area contributed by atoms with Gasteiger partial charge in [-0.15, -0.1) is 11.3 Å². The normalized spacial score (nSPS) is 13.2. The number of benzene rings is 1. The van der Waals surface area contributed by atoms with Crippen LogP contribution in [0, 0.1) is 0 Å². The number of hydrogen-bond acceptors (Lipinski definition) is 5. The molecular formula is C20H19NO3S. The monoisotopic (exact) mass is 353 g/mol. The molecule has 25 heavy (non-hydrogen) atoms. The molecule has 1 aromatic carbocycles. The highest BCUT2D eigenvalue weighted by Crippen LogP contribution is 2.26. The molecule has 128 valence electrons. The molecule has 0 aliphatic heterocycles. The van der Waals surface area contributed by atoms with E-state index in [1.54, 1.807) is 12.3 Å². The summed E-state index contributed by atoms with van der Waals surface area (Å²) in [6.07, 6.45) is 11.2. The van der Waals surface area contributed by atoms with Crippen molar-refractivity contribution >= 4 is 17.3 Å². The van der Waals surface area contributed by atoms with Crippen molar-refractivity contribution in [3.8, 4) is 16.3 Å². The molecule has 3 rings (SSSR count). The van der Waals surface area contributed by atoms with Crippen LogP contribution in [-0.2, 0) is 4.74 Å². The maximum Gasteiger partial charge on any atom is 0.357 e. The molecule has 0 spiro atoms. The Labute approximate surface area is 151 Å². The summed E-state index contributed by atoms with van der Waals surface area (Å²) in [7, 11) is 0. The van der Waals surface area contributed by atoms with Gasteiger partial charge in [-0.25, -0.2) is 9.78 Å². The van der Waals surface area contributed by atoms with Crippen LogP contribution in [0.5, 0.6) is 5.75 Å². The third kappa shape index (κ3) is 4.67. The summed E-state index contributed by atoms with van der Waals surface area (Å²) in [5.74, 6) is 0.425. The Kier molecular flexibility index (Phi) is 5.80. The second-order valence-corrected chi connectivity index (χ2v) is 6.27. The minimum Gasteiger partial charge on any atom is -0.489 e. The number of hydrogen-bond donors (Lipinski definition) is 0. The van der Waals surface area contributed by atoms with E-state index in [0.717, 1.165) is 22.7 Å². The van der Waals surface area contributed by atoms with Gasteiger partial charge in [-0.1, -0.05) is 30.4 Å². The standard InChI is InChI=1S/C20H19NO3S/c1-2-23-20(22)18-14-25-19(21-18)16-9-11-17(12-10-16)24-13-15-7-5-3-4-6-8-15/h3-7,9-12,14H,2,8,13H2,1H3. The Morgan fingerprint density at radius 2 is 2.04 bits per heavy atom. The van der Waals surface area contributed by atoms with Gasteiger partial charge in [0.25, 0.3) is 0 Å². The highest BCUT2D eigenvalue weighted by Gasteiger charge is 2.12. The molecule has 0 radical (unpaired) electrons. The molecule has 0 atom stereocenters. The Hall–Kier alpha value is -2.66. The first kappa shape index (κ1) is 17.2. The number of carbonyl (C=O) groups is 1. The van der Waals surface area contributed by atoms with E-state index in [4.69, 9.17) is 9.47 Å². The van der Waals surface area contributed by atoms with Crippen LogP contribution in [0.2, 0.25) is 0 Å². The van der Waals surface area contributed by atoms with E-state index in [9.17, 15) is 4.79 Å². The molecule has 4 nitrogen and oxygen atoms in total. The number of thiazole rings is 1. The third-order valence-electron chi connectivity index (χ3n) is 3.58. The molecule has 5 heteroatoms. The zero-order valence-electron chi connectivity index (χ0n) is 14.0. The quantitative estimate of drug-likeness (QED) is 0.699. The van der Waals surface area contributed by atoms with Crippen LogP contribution in [0.15, 0.2) is 65.6 Å². The fourth-order valence-corrected chi connectivity index (χ4v) is 3.10. The number of esters is 1. The SMILES string of the molecule is CCOC(=O)c1csc(-c2ccc(OCC3=CC=CC=CC3)cc2)n1. The first-order valence-corrected chi connectivity index (χ1v) is 9.01. The van der Waals surface area contributed by atoms with Crippen LogP contribution < -0.4 is 4.74 Å². The third-order valence-corrected chi connectivity index (χ3v) is 4.48. The summed E-state index contributed by atoms with van der Waals surface area (Å²) >= 11 is 1.42. The highest BCUT2D eigenvalue weighted by atomic mass is 32.1. The second kappa shape index (κ2) is 8.44. The molecule has 0 amide bonds. The van der Waals surface area contributed by atoms with Crippen molar-refractivity contribution in [3.05, 3.63) is 71.3 Å². The number of ether oxygens (including phenoxy) is 2. The number of nitrogens with zero attached hydrogens (tertiary/aromatic N) is 1. The maximum absolute atomic E-state index is 11.7. The van der Waals surface area contributed by atoms with Gasteiger partial charge >= 0.3 is 5.97 Å². The summed E-state index contributed by atoms with van der Waals surface area (Å²) in [5, 5.41) is 2.51. The summed E-state index contributed by atoms with van der Waals surface area (Å²) in [4.78, 5) is 16.0. The number of carbonyl (C=O) groups excluding carboxylic acids is 1. The van der Waals surface area contributed by atoms with Crippen molar-refractivity contribution in [1.29, 1.82) is 0 Å². The first-order chi connectivity index (χ1) is 12.3. The van der Waals surface area contributed by atoms with E-state index >= 15 is 0 Å². The predicted molar refractivity (Wildman–Crippen MR) is 100.0 cm³/mol. The molecular weight excluding hydrogens is 334 g/mol. The molecule has 0 saturated heterocycles. The van der Waals surface area contributed by atoms with Crippen LogP contribution in [0.25, 0.3) is 10.6 Å². The van der Waals surface area contributed by atoms with Crippen LogP contribution in [-0.4, -0.2) is 24.2 Å². The Balaban J connectivity index is 1.62. The van der Waals surface area contributed by atoms with Crippen molar-refractivity contribution in [2.24, 2.45) is 0 Å². The van der Waals surface area contributed by atoms with Gasteiger partial charge in [0.05, 0.1) is 6.61 Å². The van der Waals surface area contributed by atoms with E-state index in [1.165, 1.54) is 16.9 Å². The average Bonchev–Trinajstić information content (AvgIpc) is 2.98. The molecule has 0 bridgehead atoms. The summed E-state index contributed by atoms with van der Waals surface area (Å²) < 4.78 is 10.8. The number of aromatic nitrogens is 1. The van der Waals surface area contributed by atoms with Crippen molar-refractivity contribution in [1.82, 2.24) is 4.98 Å². The first-order valence-electron chi connectivity index (χ1n) is 8.13. The maximum atomic E-state index is 11.7. The fraction of sp³-hybridized carbons (Fsp3) is 0.200. The van der Waals surface area contributed by atoms with E-state index in [1.807, 2.05) is 42.5 Å². The van der Waals surface area contributed by atoms with E-state index in [2.05, 4.69) is 17.1 Å². The van der Waals surface area contributed by atoms with E-state index < -0.39 is 0 Å². The van der Waals surface area contributed by atoms with E-state index in [0.29, 0.717) is 18.9 Å². The van der Waals surface area contributed by atoms with Gasteiger partial charge in [0, 0.05) is 10.9 Å². The molecule has 0 N–H and O–H groups in total. The Morgan fingerprint density at radius 1 is 1.20 bits per heavy atom. The lowest BCUT2D eigenvalue weighted by atomic mass is 10.2. The number of rotatable bonds is 6. The lowest BCUT2D eigenvalue weighted by Gasteiger charge is -2.08.